The van der Waals surface area contributed by atoms with Crippen molar-refractivity contribution in [3.05, 3.63) is 0 Å². The van der Waals surface area contributed by atoms with E-state index in [9.17, 15) is 0 Å². The van der Waals surface area contributed by atoms with Crippen LogP contribution in [0.3, 0.4) is 0 Å². The molecule has 0 saturated carbocycles. The van der Waals surface area contributed by atoms with E-state index in [1.807, 2.05) is 0 Å². The van der Waals surface area contributed by atoms with Gasteiger partial charge in [-0.25, -0.2) is 0 Å². The van der Waals surface area contributed by atoms with Gasteiger partial charge in [-0.15, -0.1) is 0 Å². The monoisotopic (exact) mass is 187 g/mol. The average molecular weight is 187 g/mol. The quantitative estimate of drug-likeness (QED) is 0.630. The molecule has 0 heterocycles. The molecule has 0 spiro atoms. The molecule has 0 amide bonds. The maximum Gasteiger partial charge on any atom is 0.0465 e. The van der Waals surface area contributed by atoms with E-state index in [2.05, 4.69) is 26.1 Å². The highest BCUT2D eigenvalue weighted by Crippen LogP contribution is 2.12. The summed E-state index contributed by atoms with van der Waals surface area (Å²) in [5.74, 6) is 0.722. The smallest absolute Gasteiger partial charge is 0.0465 e. The molecule has 2 unspecified atom stereocenters. The fourth-order valence-corrected chi connectivity index (χ4v) is 1.67. The summed E-state index contributed by atoms with van der Waals surface area (Å²) in [7, 11) is 1.77. The summed E-state index contributed by atoms with van der Waals surface area (Å²) in [6.45, 7) is 8.68. The van der Waals surface area contributed by atoms with Gasteiger partial charge in [0.25, 0.3) is 0 Å². The molecule has 80 valence electrons. The molecule has 0 aromatic carbocycles. The van der Waals surface area contributed by atoms with Gasteiger partial charge in [-0.05, 0) is 25.3 Å². The highest BCUT2D eigenvalue weighted by atomic mass is 16.5. The first-order valence-electron chi connectivity index (χ1n) is 5.48. The van der Waals surface area contributed by atoms with Crippen molar-refractivity contribution in [2.24, 2.45) is 5.92 Å². The predicted octanol–water partition coefficient (Wildman–Crippen LogP) is 2.44. The molecule has 0 aliphatic carbocycles. The molecule has 2 atom stereocenters. The highest BCUT2D eigenvalue weighted by molar-refractivity contribution is 4.72. The third kappa shape index (κ3) is 6.05. The maximum absolute atomic E-state index is 5.09. The maximum atomic E-state index is 5.09. The fraction of sp³-hybridized carbons (Fsp3) is 1.00. The summed E-state index contributed by atoms with van der Waals surface area (Å²) in [5, 5.41) is 3.54. The average Bonchev–Trinajstić information content (AvgIpc) is 2.14. The summed E-state index contributed by atoms with van der Waals surface area (Å²) in [6.07, 6.45) is 3.70. The Bertz CT molecular complexity index is 100. The van der Waals surface area contributed by atoms with Gasteiger partial charge in [0.2, 0.25) is 0 Å². The van der Waals surface area contributed by atoms with Gasteiger partial charge < -0.3 is 10.1 Å². The van der Waals surface area contributed by atoms with E-state index in [1.54, 1.807) is 7.11 Å². The number of hydrogen-bond donors (Lipinski definition) is 1. The Morgan fingerprint density at radius 2 is 1.92 bits per heavy atom. The minimum atomic E-state index is 0.671. The van der Waals surface area contributed by atoms with Crippen LogP contribution >= 0.6 is 0 Å². The first-order chi connectivity index (χ1) is 6.26. The van der Waals surface area contributed by atoms with Crippen molar-refractivity contribution in [3.63, 3.8) is 0 Å². The third-order valence-corrected chi connectivity index (χ3v) is 2.53. The van der Waals surface area contributed by atoms with E-state index < -0.39 is 0 Å². The second-order valence-electron chi connectivity index (χ2n) is 3.71. The lowest BCUT2D eigenvalue weighted by molar-refractivity contribution is 0.168. The van der Waals surface area contributed by atoms with Crippen molar-refractivity contribution in [3.8, 4) is 0 Å². The lowest BCUT2D eigenvalue weighted by atomic mass is 9.95. The zero-order valence-electron chi connectivity index (χ0n) is 9.60. The highest BCUT2D eigenvalue weighted by Gasteiger charge is 2.14. The Labute approximate surface area is 83.1 Å². The van der Waals surface area contributed by atoms with Crippen LogP contribution in [0.15, 0.2) is 0 Å². The van der Waals surface area contributed by atoms with Gasteiger partial charge in [-0.2, -0.15) is 0 Å². The fourth-order valence-electron chi connectivity index (χ4n) is 1.67. The van der Waals surface area contributed by atoms with Crippen molar-refractivity contribution in [1.82, 2.24) is 5.32 Å². The first-order valence-corrected chi connectivity index (χ1v) is 5.48. The standard InChI is InChI=1S/C11H25NO/c1-5-7-11(12-6-2)10(3)8-9-13-4/h10-12H,5-9H2,1-4H3. The summed E-state index contributed by atoms with van der Waals surface area (Å²) >= 11 is 0. The SMILES string of the molecule is CCCC(NCC)C(C)CCOC. The molecule has 13 heavy (non-hydrogen) atoms. The summed E-state index contributed by atoms with van der Waals surface area (Å²) < 4.78 is 5.09. The molecule has 2 nitrogen and oxygen atoms in total. The minimum Gasteiger partial charge on any atom is -0.385 e. The van der Waals surface area contributed by atoms with Crippen molar-refractivity contribution in [2.45, 2.75) is 46.1 Å². The number of ether oxygens (including phenoxy) is 1. The normalized spacial score (nSPS) is 15.7. The van der Waals surface area contributed by atoms with Crippen LogP contribution in [0, 0.1) is 5.92 Å². The van der Waals surface area contributed by atoms with E-state index in [4.69, 9.17) is 4.74 Å². The van der Waals surface area contributed by atoms with Gasteiger partial charge in [-0.1, -0.05) is 27.2 Å². The summed E-state index contributed by atoms with van der Waals surface area (Å²) in [4.78, 5) is 0. The molecule has 0 saturated heterocycles. The largest absolute Gasteiger partial charge is 0.385 e. The van der Waals surface area contributed by atoms with Gasteiger partial charge in [0.1, 0.15) is 0 Å². The zero-order chi connectivity index (χ0) is 10.1. The lowest BCUT2D eigenvalue weighted by Crippen LogP contribution is -2.35. The molecule has 0 radical (unpaired) electrons. The molecule has 0 aromatic heterocycles. The Morgan fingerprint density at radius 1 is 1.23 bits per heavy atom. The van der Waals surface area contributed by atoms with Gasteiger partial charge in [-0.3, -0.25) is 0 Å². The van der Waals surface area contributed by atoms with Gasteiger partial charge in [0.05, 0.1) is 0 Å². The van der Waals surface area contributed by atoms with Crippen molar-refractivity contribution < 1.29 is 4.74 Å². The number of methoxy groups -OCH3 is 1. The van der Waals surface area contributed by atoms with Crippen LogP contribution in [0.2, 0.25) is 0 Å². The Hall–Kier alpha value is -0.0800. The zero-order valence-corrected chi connectivity index (χ0v) is 9.60. The summed E-state index contributed by atoms with van der Waals surface area (Å²) in [6, 6.07) is 0.671. The molecular weight excluding hydrogens is 162 g/mol. The number of rotatable bonds is 8. The molecular formula is C11H25NO. The van der Waals surface area contributed by atoms with Crippen LogP contribution in [-0.2, 0) is 4.74 Å². The second-order valence-corrected chi connectivity index (χ2v) is 3.71. The van der Waals surface area contributed by atoms with Crippen LogP contribution in [-0.4, -0.2) is 26.3 Å². The predicted molar refractivity (Wildman–Crippen MR) is 58.0 cm³/mol. The van der Waals surface area contributed by atoms with E-state index in [1.165, 1.54) is 12.8 Å². The van der Waals surface area contributed by atoms with Gasteiger partial charge >= 0.3 is 0 Å². The number of nitrogens with one attached hydrogen (secondary N) is 1. The van der Waals surface area contributed by atoms with Crippen molar-refractivity contribution in [1.29, 1.82) is 0 Å². The molecule has 0 fully saturated rings. The van der Waals surface area contributed by atoms with Crippen LogP contribution in [0.5, 0.6) is 0 Å². The second kappa shape index (κ2) is 8.52. The van der Waals surface area contributed by atoms with E-state index in [0.29, 0.717) is 6.04 Å². The van der Waals surface area contributed by atoms with Gasteiger partial charge in [0, 0.05) is 19.8 Å². The summed E-state index contributed by atoms with van der Waals surface area (Å²) in [5.41, 5.74) is 0. The molecule has 0 bridgehead atoms. The molecule has 0 aliphatic heterocycles. The van der Waals surface area contributed by atoms with Crippen LogP contribution in [0.4, 0.5) is 0 Å². The molecule has 0 aliphatic rings. The number of hydrogen-bond acceptors (Lipinski definition) is 2. The van der Waals surface area contributed by atoms with E-state index in [0.717, 1.165) is 25.5 Å². The Morgan fingerprint density at radius 3 is 2.38 bits per heavy atom. The minimum absolute atomic E-state index is 0.671. The van der Waals surface area contributed by atoms with Crippen LogP contribution < -0.4 is 5.32 Å². The Balaban J connectivity index is 3.72. The topological polar surface area (TPSA) is 21.3 Å². The van der Waals surface area contributed by atoms with Crippen LogP contribution in [0.25, 0.3) is 0 Å². The first kappa shape index (κ1) is 12.9. The molecule has 0 rings (SSSR count). The van der Waals surface area contributed by atoms with E-state index in [-0.39, 0.29) is 0 Å². The third-order valence-electron chi connectivity index (χ3n) is 2.53. The van der Waals surface area contributed by atoms with E-state index >= 15 is 0 Å². The molecule has 2 heteroatoms. The van der Waals surface area contributed by atoms with Crippen molar-refractivity contribution in [2.75, 3.05) is 20.3 Å². The van der Waals surface area contributed by atoms with Gasteiger partial charge in [0.15, 0.2) is 0 Å². The van der Waals surface area contributed by atoms with Crippen molar-refractivity contribution >= 4 is 0 Å². The Kier molecular flexibility index (Phi) is 8.46. The van der Waals surface area contributed by atoms with Crippen LogP contribution in [0.1, 0.15) is 40.0 Å². The molecule has 1 N–H and O–H groups in total. The lowest BCUT2D eigenvalue weighted by Gasteiger charge is -2.24. The molecule has 0 aromatic rings.